The Morgan fingerprint density at radius 2 is 2.36 bits per heavy atom. The smallest absolute Gasteiger partial charge is 0.179 e. The Balaban J connectivity index is 2.24. The Labute approximate surface area is 93.5 Å². The van der Waals surface area contributed by atoms with Gasteiger partial charge in [0.1, 0.15) is 0 Å². The molecule has 1 atom stereocenters. The molecule has 5 heteroatoms. The number of carbonyl (C=O) groups excluding carboxylic acids is 2. The van der Waals surface area contributed by atoms with Crippen LogP contribution >= 0.6 is 27.7 Å². The fraction of sp³-hybridized carbons (Fsp3) is 0.222. The van der Waals surface area contributed by atoms with Gasteiger partial charge in [0, 0.05) is 11.0 Å². The first-order chi connectivity index (χ1) is 6.70. The molecular weight excluding hydrogens is 266 g/mol. The van der Waals surface area contributed by atoms with E-state index in [1.54, 1.807) is 6.08 Å². The average Bonchev–Trinajstić information content (AvgIpc) is 2.59. The number of fused-ring (bicyclic) bond motifs is 1. The molecule has 0 aromatic heterocycles. The Morgan fingerprint density at radius 1 is 1.57 bits per heavy atom. The fourth-order valence-corrected chi connectivity index (χ4v) is 2.74. The topological polar surface area (TPSA) is 46.5 Å². The van der Waals surface area contributed by atoms with E-state index in [0.29, 0.717) is 5.33 Å². The van der Waals surface area contributed by atoms with Crippen molar-refractivity contribution in [3.63, 3.8) is 0 Å². The van der Waals surface area contributed by atoms with Crippen LogP contribution in [-0.4, -0.2) is 28.0 Å². The largest absolute Gasteiger partial charge is 0.295 e. The summed E-state index contributed by atoms with van der Waals surface area (Å²) >= 11 is 4.44. The van der Waals surface area contributed by atoms with Gasteiger partial charge in [-0.05, 0) is 12.2 Å². The molecule has 2 rings (SSSR count). The summed E-state index contributed by atoms with van der Waals surface area (Å²) in [6.45, 7) is 0. The standard InChI is InChI=1S/C9H6BrNO2S/c10-4-7(13)9-11-6-2-1-5(12)3-8(6)14-9/h1-3,9H,4H2. The molecule has 0 bridgehead atoms. The zero-order valence-corrected chi connectivity index (χ0v) is 9.47. The quantitative estimate of drug-likeness (QED) is 0.565. The monoisotopic (exact) mass is 271 g/mol. The molecule has 0 fully saturated rings. The highest BCUT2D eigenvalue weighted by Crippen LogP contribution is 2.34. The Hall–Kier alpha value is -0.680. The zero-order chi connectivity index (χ0) is 10.1. The van der Waals surface area contributed by atoms with Crippen molar-refractivity contribution in [3.8, 4) is 0 Å². The van der Waals surface area contributed by atoms with Gasteiger partial charge in [-0.15, -0.1) is 0 Å². The maximum absolute atomic E-state index is 11.3. The summed E-state index contributed by atoms with van der Waals surface area (Å²) in [5.41, 5.74) is 0.744. The number of hydrogen-bond acceptors (Lipinski definition) is 4. The van der Waals surface area contributed by atoms with Crippen LogP contribution in [0.4, 0.5) is 0 Å². The summed E-state index contributed by atoms with van der Waals surface area (Å²) in [7, 11) is 0. The van der Waals surface area contributed by atoms with E-state index < -0.39 is 0 Å². The SMILES string of the molecule is O=C1C=CC2=NC(C(=O)CBr)SC2=C1. The van der Waals surface area contributed by atoms with Gasteiger partial charge in [-0.3, -0.25) is 14.6 Å². The Bertz CT molecular complexity index is 398. The number of carbonyl (C=O) groups is 2. The van der Waals surface area contributed by atoms with Crippen LogP contribution in [-0.2, 0) is 9.59 Å². The molecule has 0 radical (unpaired) electrons. The molecule has 0 spiro atoms. The van der Waals surface area contributed by atoms with E-state index in [9.17, 15) is 9.59 Å². The number of rotatable bonds is 2. The summed E-state index contributed by atoms with van der Waals surface area (Å²) in [6, 6.07) is 0. The van der Waals surface area contributed by atoms with E-state index in [2.05, 4.69) is 20.9 Å². The summed E-state index contributed by atoms with van der Waals surface area (Å²) in [5.74, 6) is -0.0166. The van der Waals surface area contributed by atoms with E-state index >= 15 is 0 Å². The van der Waals surface area contributed by atoms with Crippen LogP contribution in [0.15, 0.2) is 28.1 Å². The predicted octanol–water partition coefficient (Wildman–Crippen LogP) is 1.49. The second kappa shape index (κ2) is 3.82. The highest BCUT2D eigenvalue weighted by atomic mass is 79.9. The number of allylic oxidation sites excluding steroid dienone is 4. The van der Waals surface area contributed by atoms with Crippen LogP contribution in [0.2, 0.25) is 0 Å². The van der Waals surface area contributed by atoms with E-state index in [0.717, 1.165) is 10.6 Å². The van der Waals surface area contributed by atoms with Gasteiger partial charge in [-0.2, -0.15) is 0 Å². The molecule has 1 aliphatic carbocycles. The lowest BCUT2D eigenvalue weighted by molar-refractivity contribution is -0.116. The van der Waals surface area contributed by atoms with E-state index in [4.69, 9.17) is 0 Å². The summed E-state index contributed by atoms with van der Waals surface area (Å²) in [4.78, 5) is 27.4. The first-order valence-corrected chi connectivity index (χ1v) is 5.98. The number of ketones is 2. The number of hydrogen-bond donors (Lipinski definition) is 0. The predicted molar refractivity (Wildman–Crippen MR) is 59.8 cm³/mol. The minimum absolute atomic E-state index is 0.0265. The molecule has 1 aliphatic heterocycles. The van der Waals surface area contributed by atoms with Crippen LogP contribution in [0.1, 0.15) is 0 Å². The van der Waals surface area contributed by atoms with E-state index in [-0.39, 0.29) is 16.9 Å². The molecule has 1 heterocycles. The van der Waals surface area contributed by atoms with Gasteiger partial charge < -0.3 is 0 Å². The maximum Gasteiger partial charge on any atom is 0.179 e. The van der Waals surface area contributed by atoms with Crippen molar-refractivity contribution in [3.05, 3.63) is 23.1 Å². The lowest BCUT2D eigenvalue weighted by Gasteiger charge is -2.01. The highest BCUT2D eigenvalue weighted by molar-refractivity contribution is 9.09. The number of Topliss-reactive ketones (excluding diaryl/α,β-unsaturated/α-hetero) is 1. The zero-order valence-electron chi connectivity index (χ0n) is 7.07. The van der Waals surface area contributed by atoms with Crippen molar-refractivity contribution in [1.82, 2.24) is 0 Å². The van der Waals surface area contributed by atoms with Gasteiger partial charge in [0.05, 0.1) is 11.0 Å². The van der Waals surface area contributed by atoms with Gasteiger partial charge >= 0.3 is 0 Å². The molecule has 0 aromatic carbocycles. The highest BCUT2D eigenvalue weighted by Gasteiger charge is 2.28. The summed E-state index contributed by atoms with van der Waals surface area (Å²) in [6.07, 6.45) is 4.64. The number of thioether (sulfide) groups is 1. The van der Waals surface area contributed by atoms with Gasteiger partial charge in [0.2, 0.25) is 0 Å². The van der Waals surface area contributed by atoms with Crippen LogP contribution in [0.25, 0.3) is 0 Å². The van der Waals surface area contributed by atoms with Gasteiger partial charge in [-0.25, -0.2) is 0 Å². The lowest BCUT2D eigenvalue weighted by Crippen LogP contribution is -2.13. The van der Waals surface area contributed by atoms with E-state index in [1.807, 2.05) is 0 Å². The minimum atomic E-state index is -0.383. The number of halogens is 1. The summed E-state index contributed by atoms with van der Waals surface area (Å²) in [5, 5.41) is -0.0852. The molecule has 0 N–H and O–H groups in total. The Morgan fingerprint density at radius 3 is 3.07 bits per heavy atom. The fourth-order valence-electron chi connectivity index (χ4n) is 1.17. The summed E-state index contributed by atoms with van der Waals surface area (Å²) < 4.78 is 0. The molecule has 0 aromatic rings. The molecular formula is C9H6BrNO2S. The first kappa shape index (κ1) is 9.86. The third-order valence-electron chi connectivity index (χ3n) is 1.83. The van der Waals surface area contributed by atoms with Gasteiger partial charge in [0.15, 0.2) is 16.9 Å². The van der Waals surface area contributed by atoms with Crippen LogP contribution in [0.5, 0.6) is 0 Å². The third kappa shape index (κ3) is 1.74. The maximum atomic E-state index is 11.3. The van der Waals surface area contributed by atoms with Gasteiger partial charge in [0.25, 0.3) is 0 Å². The van der Waals surface area contributed by atoms with Crippen molar-refractivity contribution in [2.75, 3.05) is 5.33 Å². The average molecular weight is 272 g/mol. The van der Waals surface area contributed by atoms with Crippen molar-refractivity contribution < 1.29 is 9.59 Å². The number of alkyl halides is 1. The minimum Gasteiger partial charge on any atom is -0.295 e. The second-order valence-electron chi connectivity index (χ2n) is 2.83. The molecule has 0 saturated heterocycles. The molecule has 0 amide bonds. The number of aliphatic imine (C=N–C) groups is 1. The normalized spacial score (nSPS) is 24.4. The second-order valence-corrected chi connectivity index (χ2v) is 4.51. The first-order valence-electron chi connectivity index (χ1n) is 3.98. The molecule has 2 aliphatic rings. The molecule has 14 heavy (non-hydrogen) atoms. The molecule has 72 valence electrons. The van der Waals surface area contributed by atoms with Crippen LogP contribution in [0.3, 0.4) is 0 Å². The van der Waals surface area contributed by atoms with Crippen molar-refractivity contribution in [2.24, 2.45) is 4.99 Å². The van der Waals surface area contributed by atoms with Gasteiger partial charge in [-0.1, -0.05) is 27.7 Å². The van der Waals surface area contributed by atoms with Crippen LogP contribution in [0, 0.1) is 0 Å². The Kier molecular flexibility index (Phi) is 2.69. The molecule has 0 saturated carbocycles. The van der Waals surface area contributed by atoms with Crippen molar-refractivity contribution in [2.45, 2.75) is 5.37 Å². The van der Waals surface area contributed by atoms with Crippen molar-refractivity contribution in [1.29, 1.82) is 0 Å². The van der Waals surface area contributed by atoms with Crippen molar-refractivity contribution >= 4 is 45.0 Å². The third-order valence-corrected chi connectivity index (χ3v) is 3.56. The van der Waals surface area contributed by atoms with E-state index in [1.165, 1.54) is 23.9 Å². The lowest BCUT2D eigenvalue weighted by atomic mass is 10.1. The molecule has 3 nitrogen and oxygen atoms in total. The number of nitrogens with zero attached hydrogens (tertiary/aromatic N) is 1. The molecule has 1 unspecified atom stereocenters. The van der Waals surface area contributed by atoms with Crippen LogP contribution < -0.4 is 0 Å².